The molecule has 0 aromatic heterocycles. The van der Waals surface area contributed by atoms with Crippen LogP contribution in [0.15, 0.2) is 60.7 Å². The van der Waals surface area contributed by atoms with Crippen LogP contribution in [0, 0.1) is 0 Å². The van der Waals surface area contributed by atoms with E-state index in [1.54, 1.807) is 12.1 Å². The van der Waals surface area contributed by atoms with Gasteiger partial charge in [0.15, 0.2) is 0 Å². The van der Waals surface area contributed by atoms with Crippen LogP contribution in [-0.2, 0) is 5.33 Å². The molecule has 0 spiro atoms. The minimum Gasteiger partial charge on any atom is -0.298 e. The van der Waals surface area contributed by atoms with Crippen molar-refractivity contribution in [2.24, 2.45) is 0 Å². The summed E-state index contributed by atoms with van der Waals surface area (Å²) in [5, 5.41) is 0.952. The lowest BCUT2D eigenvalue weighted by molar-refractivity contribution is 0.112. The van der Waals surface area contributed by atoms with Gasteiger partial charge in [-0.25, -0.2) is 0 Å². The van der Waals surface area contributed by atoms with Crippen molar-refractivity contribution < 1.29 is 4.79 Å². The third-order valence-electron chi connectivity index (χ3n) is 1.93. The molecule has 2 rings (SSSR count). The zero-order valence-electron chi connectivity index (χ0n) is 8.84. The van der Waals surface area contributed by atoms with E-state index in [9.17, 15) is 4.79 Å². The number of hydrogen-bond donors (Lipinski definition) is 0. The van der Waals surface area contributed by atoms with E-state index < -0.39 is 0 Å². The monoisotopic (exact) mass is 276 g/mol. The standard InChI is InChI=1S/C7H7Br.C7H6O/c2*8-6-7-4-2-1-3-5-7/h1-5H,6H2;1-6H. The van der Waals surface area contributed by atoms with E-state index in [-0.39, 0.29) is 0 Å². The van der Waals surface area contributed by atoms with Gasteiger partial charge in [0.25, 0.3) is 0 Å². The number of halogens is 1. The van der Waals surface area contributed by atoms with Crippen molar-refractivity contribution in [2.45, 2.75) is 5.33 Å². The van der Waals surface area contributed by atoms with Crippen molar-refractivity contribution in [1.29, 1.82) is 0 Å². The number of benzene rings is 2. The Morgan fingerprint density at radius 1 is 0.875 bits per heavy atom. The first kappa shape index (κ1) is 12.7. The van der Waals surface area contributed by atoms with E-state index >= 15 is 0 Å². The van der Waals surface area contributed by atoms with Crippen molar-refractivity contribution in [1.82, 2.24) is 0 Å². The van der Waals surface area contributed by atoms with Gasteiger partial charge in [-0.3, -0.25) is 4.79 Å². The molecule has 82 valence electrons. The van der Waals surface area contributed by atoms with Crippen LogP contribution in [0.4, 0.5) is 0 Å². The topological polar surface area (TPSA) is 17.1 Å². The number of carbonyl (C=O) groups excluding carboxylic acids is 1. The number of hydrogen-bond acceptors (Lipinski definition) is 1. The van der Waals surface area contributed by atoms with E-state index in [1.165, 1.54) is 5.56 Å². The third-order valence-corrected chi connectivity index (χ3v) is 2.58. The Labute approximate surface area is 104 Å². The van der Waals surface area contributed by atoms with Gasteiger partial charge in [-0.15, -0.1) is 0 Å². The smallest absolute Gasteiger partial charge is 0.150 e. The molecule has 0 N–H and O–H groups in total. The van der Waals surface area contributed by atoms with Crippen LogP contribution in [0.2, 0.25) is 0 Å². The summed E-state index contributed by atoms with van der Waals surface area (Å²) in [6.07, 6.45) is 0.833. The Bertz CT molecular complexity index is 398. The van der Waals surface area contributed by atoms with E-state index in [0.29, 0.717) is 0 Å². The van der Waals surface area contributed by atoms with Gasteiger partial charge in [-0.1, -0.05) is 76.6 Å². The molecule has 0 aliphatic carbocycles. The van der Waals surface area contributed by atoms with E-state index in [2.05, 4.69) is 28.1 Å². The van der Waals surface area contributed by atoms with Crippen molar-refractivity contribution in [3.63, 3.8) is 0 Å². The molecule has 0 fully saturated rings. The molecular formula is C14H13BrO. The molecule has 0 radical (unpaired) electrons. The lowest BCUT2D eigenvalue weighted by Gasteiger charge is -1.88. The highest BCUT2D eigenvalue weighted by Gasteiger charge is 1.81. The van der Waals surface area contributed by atoms with Crippen LogP contribution in [0.5, 0.6) is 0 Å². The van der Waals surface area contributed by atoms with Crippen LogP contribution in [-0.4, -0.2) is 6.29 Å². The van der Waals surface area contributed by atoms with Crippen LogP contribution in [0.25, 0.3) is 0 Å². The van der Waals surface area contributed by atoms with E-state index in [0.717, 1.165) is 17.2 Å². The Hall–Kier alpha value is -1.41. The zero-order valence-corrected chi connectivity index (χ0v) is 10.4. The van der Waals surface area contributed by atoms with Crippen molar-refractivity contribution >= 4 is 22.2 Å². The van der Waals surface area contributed by atoms with Crippen LogP contribution in [0.1, 0.15) is 15.9 Å². The van der Waals surface area contributed by atoms with Crippen molar-refractivity contribution in [3.8, 4) is 0 Å². The van der Waals surface area contributed by atoms with Gasteiger partial charge in [0.1, 0.15) is 6.29 Å². The Balaban J connectivity index is 0.000000160. The number of aldehydes is 1. The predicted octanol–water partition coefficient (Wildman–Crippen LogP) is 4.08. The summed E-state index contributed by atoms with van der Waals surface area (Å²) in [4.78, 5) is 10.0. The average Bonchev–Trinajstić information content (AvgIpc) is 2.41. The fourth-order valence-corrected chi connectivity index (χ4v) is 1.47. The highest BCUT2D eigenvalue weighted by atomic mass is 79.9. The molecule has 1 nitrogen and oxygen atoms in total. The Morgan fingerprint density at radius 3 is 1.69 bits per heavy atom. The van der Waals surface area contributed by atoms with Crippen molar-refractivity contribution in [2.75, 3.05) is 0 Å². The van der Waals surface area contributed by atoms with E-state index in [4.69, 9.17) is 0 Å². The molecule has 0 saturated carbocycles. The molecule has 0 heterocycles. The molecular weight excluding hydrogens is 264 g/mol. The second kappa shape index (κ2) is 7.83. The van der Waals surface area contributed by atoms with Gasteiger partial charge in [-0.2, -0.15) is 0 Å². The number of alkyl halides is 1. The lowest BCUT2D eigenvalue weighted by atomic mass is 10.2. The largest absolute Gasteiger partial charge is 0.298 e. The molecule has 0 aliphatic rings. The summed E-state index contributed by atoms with van der Waals surface area (Å²) in [5.74, 6) is 0. The Morgan fingerprint density at radius 2 is 1.38 bits per heavy atom. The van der Waals surface area contributed by atoms with Gasteiger partial charge in [0, 0.05) is 10.9 Å². The van der Waals surface area contributed by atoms with Gasteiger partial charge in [-0.05, 0) is 5.56 Å². The first-order valence-corrected chi connectivity index (χ1v) is 6.09. The van der Waals surface area contributed by atoms with Gasteiger partial charge < -0.3 is 0 Å². The molecule has 16 heavy (non-hydrogen) atoms. The first-order valence-electron chi connectivity index (χ1n) is 4.97. The maximum Gasteiger partial charge on any atom is 0.150 e. The summed E-state index contributed by atoms with van der Waals surface area (Å²) >= 11 is 3.36. The SMILES string of the molecule is BrCc1ccccc1.O=Cc1ccccc1. The molecule has 0 bridgehead atoms. The van der Waals surface area contributed by atoms with Gasteiger partial charge in [0.05, 0.1) is 0 Å². The summed E-state index contributed by atoms with van der Waals surface area (Å²) in [6.45, 7) is 0. The molecule has 2 aromatic rings. The quantitative estimate of drug-likeness (QED) is 0.597. The normalized spacial score (nSPS) is 8.81. The molecule has 2 aromatic carbocycles. The molecule has 0 aliphatic heterocycles. The van der Waals surface area contributed by atoms with Crippen LogP contribution < -0.4 is 0 Å². The van der Waals surface area contributed by atoms with Crippen LogP contribution in [0.3, 0.4) is 0 Å². The lowest BCUT2D eigenvalue weighted by Crippen LogP contribution is -1.73. The van der Waals surface area contributed by atoms with Gasteiger partial charge in [0.2, 0.25) is 0 Å². The summed E-state index contributed by atoms with van der Waals surface area (Å²) in [6, 6.07) is 19.4. The molecule has 0 amide bonds. The first-order chi connectivity index (χ1) is 7.86. The van der Waals surface area contributed by atoms with Gasteiger partial charge >= 0.3 is 0 Å². The highest BCUT2D eigenvalue weighted by molar-refractivity contribution is 9.08. The third kappa shape index (κ3) is 4.89. The van der Waals surface area contributed by atoms with Crippen LogP contribution >= 0.6 is 15.9 Å². The fourth-order valence-electron chi connectivity index (χ4n) is 1.10. The van der Waals surface area contributed by atoms with Crippen molar-refractivity contribution in [3.05, 3.63) is 71.8 Å². The maximum absolute atomic E-state index is 10.0. The average molecular weight is 277 g/mol. The minimum absolute atomic E-state index is 0.729. The predicted molar refractivity (Wildman–Crippen MR) is 70.9 cm³/mol. The summed E-state index contributed by atoms with van der Waals surface area (Å²) < 4.78 is 0. The molecule has 0 saturated heterocycles. The molecule has 2 heteroatoms. The number of rotatable bonds is 2. The Kier molecular flexibility index (Phi) is 6.19. The molecule has 0 atom stereocenters. The molecule has 0 unspecified atom stereocenters. The number of carbonyl (C=O) groups is 1. The maximum atomic E-state index is 10.0. The second-order valence-electron chi connectivity index (χ2n) is 3.15. The summed E-state index contributed by atoms with van der Waals surface area (Å²) in [5.41, 5.74) is 2.06. The fraction of sp³-hybridized carbons (Fsp3) is 0.0714. The second-order valence-corrected chi connectivity index (χ2v) is 3.71. The zero-order chi connectivity index (χ0) is 11.6. The minimum atomic E-state index is 0.729. The van der Waals surface area contributed by atoms with E-state index in [1.807, 2.05) is 36.4 Å². The highest BCUT2D eigenvalue weighted by Crippen LogP contribution is 2.02. The summed E-state index contributed by atoms with van der Waals surface area (Å²) in [7, 11) is 0.